The molecule has 1 aliphatic rings. The molecule has 0 aromatic carbocycles. The van der Waals surface area contributed by atoms with Gasteiger partial charge in [0.2, 0.25) is 0 Å². The van der Waals surface area contributed by atoms with E-state index in [2.05, 4.69) is 23.4 Å². The first kappa shape index (κ1) is 13.8. The summed E-state index contributed by atoms with van der Waals surface area (Å²) in [6, 6.07) is 4.33. The Morgan fingerprint density at radius 3 is 3.10 bits per heavy atom. The summed E-state index contributed by atoms with van der Waals surface area (Å²) in [5.74, 6) is 1.62. The van der Waals surface area contributed by atoms with Gasteiger partial charge in [0.1, 0.15) is 11.3 Å². The lowest BCUT2D eigenvalue weighted by Crippen LogP contribution is -2.35. The van der Waals surface area contributed by atoms with Crippen LogP contribution in [0.4, 0.5) is 0 Å². The maximum atomic E-state index is 5.93. The Hall–Kier alpha value is -1.13. The first-order valence-electron chi connectivity index (χ1n) is 7.12. The highest BCUT2D eigenvalue weighted by atomic mass is 35.5. The maximum Gasteiger partial charge on any atom is 0.160 e. The molecule has 0 amide bonds. The van der Waals surface area contributed by atoms with Gasteiger partial charge in [-0.2, -0.15) is 0 Å². The Morgan fingerprint density at radius 1 is 1.50 bits per heavy atom. The average Bonchev–Trinajstić information content (AvgIpc) is 2.76. The lowest BCUT2D eigenvalue weighted by atomic mass is 9.93. The predicted octanol–water partition coefficient (Wildman–Crippen LogP) is 3.34. The number of aryl methyl sites for hydroxylation is 1. The summed E-state index contributed by atoms with van der Waals surface area (Å²) in [6.07, 6.45) is 4.58. The summed E-state index contributed by atoms with van der Waals surface area (Å²) in [5.41, 5.74) is 1.83. The van der Waals surface area contributed by atoms with Crippen molar-refractivity contribution in [1.82, 2.24) is 14.5 Å². The third kappa shape index (κ3) is 2.54. The van der Waals surface area contributed by atoms with E-state index in [0.717, 1.165) is 42.9 Å². The highest BCUT2D eigenvalue weighted by molar-refractivity contribution is 6.17. The van der Waals surface area contributed by atoms with Crippen molar-refractivity contribution in [3.05, 3.63) is 24.2 Å². The molecule has 0 saturated carbocycles. The molecule has 0 aliphatic carbocycles. The Morgan fingerprint density at radius 2 is 2.35 bits per heavy atom. The van der Waals surface area contributed by atoms with E-state index in [0.29, 0.717) is 11.9 Å². The molecule has 4 nitrogen and oxygen atoms in total. The zero-order valence-corrected chi connectivity index (χ0v) is 12.7. The van der Waals surface area contributed by atoms with E-state index in [9.17, 15) is 0 Å². The van der Waals surface area contributed by atoms with Crippen LogP contribution in [-0.4, -0.2) is 32.6 Å². The van der Waals surface area contributed by atoms with Crippen LogP contribution in [0.2, 0.25) is 0 Å². The topological polar surface area (TPSA) is 39.9 Å². The Balaban J connectivity index is 2.06. The molecule has 1 saturated heterocycles. The number of alkyl halides is 1. The van der Waals surface area contributed by atoms with Crippen molar-refractivity contribution in [1.29, 1.82) is 0 Å². The molecule has 5 heteroatoms. The van der Waals surface area contributed by atoms with Crippen molar-refractivity contribution in [2.45, 2.75) is 44.8 Å². The predicted molar refractivity (Wildman–Crippen MR) is 80.3 cm³/mol. The summed E-state index contributed by atoms with van der Waals surface area (Å²) in [4.78, 5) is 9.22. The number of ether oxygens (including phenoxy) is 1. The van der Waals surface area contributed by atoms with E-state index in [1.54, 1.807) is 0 Å². The van der Waals surface area contributed by atoms with Gasteiger partial charge in [-0.1, -0.05) is 0 Å². The van der Waals surface area contributed by atoms with Crippen molar-refractivity contribution < 1.29 is 4.74 Å². The molecule has 2 aromatic rings. The average molecular weight is 294 g/mol. The maximum absolute atomic E-state index is 5.93. The molecule has 1 unspecified atom stereocenters. The van der Waals surface area contributed by atoms with Crippen LogP contribution in [0, 0.1) is 0 Å². The van der Waals surface area contributed by atoms with Gasteiger partial charge in [0.15, 0.2) is 5.65 Å². The molecule has 0 bridgehead atoms. The first-order chi connectivity index (χ1) is 9.61. The van der Waals surface area contributed by atoms with Crippen molar-refractivity contribution in [2.75, 3.05) is 12.5 Å². The fraction of sp³-hybridized carbons (Fsp3) is 0.600. The molecule has 0 N–H and O–H groups in total. The SMILES string of the molecule is CC1(C)CC(n2c(CCCl)nc3cccnc32)CCO1. The lowest BCUT2D eigenvalue weighted by Gasteiger charge is -2.36. The Labute approximate surface area is 124 Å². The van der Waals surface area contributed by atoms with E-state index in [4.69, 9.17) is 21.3 Å². The van der Waals surface area contributed by atoms with Gasteiger partial charge >= 0.3 is 0 Å². The van der Waals surface area contributed by atoms with E-state index in [1.165, 1.54) is 0 Å². The third-order valence-electron chi connectivity index (χ3n) is 3.88. The van der Waals surface area contributed by atoms with Crippen LogP contribution in [0.5, 0.6) is 0 Å². The minimum atomic E-state index is -0.0907. The number of aromatic nitrogens is 3. The lowest BCUT2D eigenvalue weighted by molar-refractivity contribution is -0.0689. The number of nitrogens with zero attached hydrogens (tertiary/aromatic N) is 3. The second-order valence-corrected chi connectivity index (χ2v) is 6.32. The minimum absolute atomic E-state index is 0.0907. The summed E-state index contributed by atoms with van der Waals surface area (Å²) in [6.45, 7) is 5.07. The second kappa shape index (κ2) is 5.34. The Kier molecular flexibility index (Phi) is 3.69. The zero-order valence-electron chi connectivity index (χ0n) is 12.0. The van der Waals surface area contributed by atoms with Gasteiger partial charge in [-0.15, -0.1) is 11.6 Å². The molecule has 2 aromatic heterocycles. The standard InChI is InChI=1S/C15H20ClN3O/c1-15(2)10-11(6-9-20-15)19-13(5-7-16)18-12-4-3-8-17-14(12)19/h3-4,8,11H,5-7,9-10H2,1-2H3. The van der Waals surface area contributed by atoms with E-state index >= 15 is 0 Å². The van der Waals surface area contributed by atoms with Gasteiger partial charge in [-0.3, -0.25) is 0 Å². The van der Waals surface area contributed by atoms with Crippen LogP contribution in [0.1, 0.15) is 38.6 Å². The van der Waals surface area contributed by atoms with Crippen LogP contribution in [0.15, 0.2) is 18.3 Å². The number of rotatable bonds is 3. The summed E-state index contributed by atoms with van der Waals surface area (Å²) >= 11 is 5.93. The van der Waals surface area contributed by atoms with Crippen molar-refractivity contribution >= 4 is 22.8 Å². The van der Waals surface area contributed by atoms with E-state index < -0.39 is 0 Å². The van der Waals surface area contributed by atoms with Crippen LogP contribution < -0.4 is 0 Å². The van der Waals surface area contributed by atoms with Crippen LogP contribution >= 0.6 is 11.6 Å². The monoisotopic (exact) mass is 293 g/mol. The summed E-state index contributed by atoms with van der Waals surface area (Å²) < 4.78 is 8.11. The number of imidazole rings is 1. The van der Waals surface area contributed by atoms with Crippen LogP contribution in [0.3, 0.4) is 0 Å². The van der Waals surface area contributed by atoms with Gasteiger partial charge in [0.05, 0.1) is 5.60 Å². The van der Waals surface area contributed by atoms with E-state index in [1.807, 2.05) is 18.3 Å². The summed E-state index contributed by atoms with van der Waals surface area (Å²) in [7, 11) is 0. The van der Waals surface area contributed by atoms with Crippen molar-refractivity contribution in [3.63, 3.8) is 0 Å². The Bertz CT molecular complexity index is 608. The zero-order chi connectivity index (χ0) is 14.2. The normalized spacial score (nSPS) is 22.2. The van der Waals surface area contributed by atoms with Crippen molar-refractivity contribution in [2.24, 2.45) is 0 Å². The number of hydrogen-bond acceptors (Lipinski definition) is 3. The van der Waals surface area contributed by atoms with Crippen molar-refractivity contribution in [3.8, 4) is 0 Å². The molecule has 3 heterocycles. The highest BCUT2D eigenvalue weighted by Gasteiger charge is 2.32. The molecule has 1 aliphatic heterocycles. The number of fused-ring (bicyclic) bond motifs is 1. The molecule has 0 radical (unpaired) electrons. The molecule has 1 fully saturated rings. The van der Waals surface area contributed by atoms with Crippen LogP contribution in [0.25, 0.3) is 11.2 Å². The molecule has 0 spiro atoms. The summed E-state index contributed by atoms with van der Waals surface area (Å²) in [5, 5.41) is 0. The number of hydrogen-bond donors (Lipinski definition) is 0. The molecule has 1 atom stereocenters. The van der Waals surface area contributed by atoms with Crippen LogP contribution in [-0.2, 0) is 11.2 Å². The largest absolute Gasteiger partial charge is 0.375 e. The molecule has 3 rings (SSSR count). The first-order valence-corrected chi connectivity index (χ1v) is 7.66. The molecular weight excluding hydrogens is 274 g/mol. The highest BCUT2D eigenvalue weighted by Crippen LogP contribution is 2.34. The quantitative estimate of drug-likeness (QED) is 0.815. The molecule has 20 heavy (non-hydrogen) atoms. The fourth-order valence-corrected chi connectivity index (χ4v) is 3.21. The minimum Gasteiger partial charge on any atom is -0.375 e. The second-order valence-electron chi connectivity index (χ2n) is 5.94. The van der Waals surface area contributed by atoms with Gasteiger partial charge in [0, 0.05) is 31.1 Å². The number of pyridine rings is 1. The molecular formula is C15H20ClN3O. The number of halogens is 1. The fourth-order valence-electron chi connectivity index (χ4n) is 3.04. The third-order valence-corrected chi connectivity index (χ3v) is 4.07. The van der Waals surface area contributed by atoms with Gasteiger partial charge in [-0.05, 0) is 38.8 Å². The van der Waals surface area contributed by atoms with Gasteiger partial charge in [-0.25, -0.2) is 9.97 Å². The van der Waals surface area contributed by atoms with Gasteiger partial charge < -0.3 is 9.30 Å². The smallest absolute Gasteiger partial charge is 0.160 e. The molecule has 108 valence electrons. The van der Waals surface area contributed by atoms with E-state index in [-0.39, 0.29) is 5.60 Å². The van der Waals surface area contributed by atoms with Gasteiger partial charge in [0.25, 0.3) is 0 Å².